The molecule has 9 heteroatoms. The summed E-state index contributed by atoms with van der Waals surface area (Å²) in [5.41, 5.74) is 1.62. The number of sulfonamides is 1. The van der Waals surface area contributed by atoms with Crippen LogP contribution in [0.15, 0.2) is 53.4 Å². The van der Waals surface area contributed by atoms with Gasteiger partial charge in [0.15, 0.2) is 0 Å². The molecule has 0 radical (unpaired) electrons. The number of carbonyl (C=O) groups is 2. The minimum atomic E-state index is -4.12. The second-order valence-electron chi connectivity index (χ2n) is 5.32. The normalized spacial score (nSPS) is 12.4. The van der Waals surface area contributed by atoms with E-state index < -0.39 is 34.4 Å². The maximum atomic E-state index is 12.4. The molecule has 0 saturated carbocycles. The molecule has 0 amide bonds. The molecule has 7 nitrogen and oxygen atoms in total. The number of carbonyl (C=O) groups excluding carboxylic acids is 1. The largest absolute Gasteiger partial charge is 0.480 e. The van der Waals surface area contributed by atoms with Crippen molar-refractivity contribution in [2.75, 3.05) is 7.11 Å². The number of hydrogen-bond donors (Lipinski definition) is 2. The molecule has 0 bridgehead atoms. The van der Waals surface area contributed by atoms with E-state index >= 15 is 0 Å². The van der Waals surface area contributed by atoms with Gasteiger partial charge in [0.05, 0.1) is 18.4 Å². The molecular weight excluding hydrogens is 382 g/mol. The van der Waals surface area contributed by atoms with E-state index in [1.54, 1.807) is 36.4 Å². The number of carboxylic acid groups (broad SMARTS) is 1. The van der Waals surface area contributed by atoms with Gasteiger partial charge in [-0.15, -0.1) is 0 Å². The van der Waals surface area contributed by atoms with Gasteiger partial charge >= 0.3 is 11.9 Å². The number of ether oxygens (including phenoxy) is 1. The number of aliphatic carboxylic acids is 1. The molecule has 1 atom stereocenters. The lowest BCUT2D eigenvalue weighted by molar-refractivity contribution is -0.147. The zero-order valence-electron chi connectivity index (χ0n) is 13.7. The van der Waals surface area contributed by atoms with E-state index in [9.17, 15) is 18.0 Å². The third-order valence-corrected chi connectivity index (χ3v) is 5.28. The van der Waals surface area contributed by atoms with E-state index in [-0.39, 0.29) is 4.90 Å². The molecule has 2 rings (SSSR count). The van der Waals surface area contributed by atoms with Gasteiger partial charge in [0, 0.05) is 5.02 Å². The van der Waals surface area contributed by atoms with Crippen molar-refractivity contribution in [3.8, 4) is 11.1 Å². The molecule has 2 aromatic rings. The first-order chi connectivity index (χ1) is 12.2. The lowest BCUT2D eigenvalue weighted by Gasteiger charge is -2.14. The van der Waals surface area contributed by atoms with E-state index in [2.05, 4.69) is 4.74 Å². The van der Waals surface area contributed by atoms with E-state index in [1.165, 1.54) is 12.1 Å². The standard InChI is InChI=1S/C17H16ClNO6S/c1-25-16(20)10-15(17(21)22)19-26(23,24)14-8-4-12(5-9-14)11-2-6-13(18)7-3-11/h2-9,15,19H,10H2,1H3,(H,21,22)/t15-/m0/s1. The van der Waals surface area contributed by atoms with Crippen LogP contribution in [0.4, 0.5) is 0 Å². The van der Waals surface area contributed by atoms with Crippen LogP contribution in [0.5, 0.6) is 0 Å². The van der Waals surface area contributed by atoms with Crippen molar-refractivity contribution in [3.05, 3.63) is 53.6 Å². The summed E-state index contributed by atoms with van der Waals surface area (Å²) in [6, 6.07) is 11.3. The molecule has 0 saturated heterocycles. The van der Waals surface area contributed by atoms with E-state index in [0.717, 1.165) is 18.2 Å². The molecule has 0 aliphatic carbocycles. The molecule has 0 aliphatic heterocycles. The highest BCUT2D eigenvalue weighted by Gasteiger charge is 2.28. The van der Waals surface area contributed by atoms with Crippen molar-refractivity contribution in [2.24, 2.45) is 0 Å². The third kappa shape index (κ3) is 5.04. The molecule has 0 aromatic heterocycles. The maximum absolute atomic E-state index is 12.4. The van der Waals surface area contributed by atoms with Crippen LogP contribution >= 0.6 is 11.6 Å². The molecule has 2 N–H and O–H groups in total. The smallest absolute Gasteiger partial charge is 0.322 e. The zero-order valence-corrected chi connectivity index (χ0v) is 15.3. The lowest BCUT2D eigenvalue weighted by atomic mass is 10.1. The summed E-state index contributed by atoms with van der Waals surface area (Å²) in [6.45, 7) is 0. The minimum Gasteiger partial charge on any atom is -0.480 e. The van der Waals surface area contributed by atoms with Crippen LogP contribution in [-0.4, -0.2) is 38.6 Å². The number of methoxy groups -OCH3 is 1. The Morgan fingerprint density at radius 3 is 2.04 bits per heavy atom. The maximum Gasteiger partial charge on any atom is 0.322 e. The van der Waals surface area contributed by atoms with Crippen molar-refractivity contribution in [3.63, 3.8) is 0 Å². The summed E-state index contributed by atoms with van der Waals surface area (Å²) in [4.78, 5) is 22.3. The van der Waals surface area contributed by atoms with Gasteiger partial charge < -0.3 is 9.84 Å². The molecular formula is C17H16ClNO6S. The van der Waals surface area contributed by atoms with Gasteiger partial charge in [0.1, 0.15) is 6.04 Å². The Bertz CT molecular complexity index is 894. The molecule has 0 heterocycles. The van der Waals surface area contributed by atoms with Gasteiger partial charge in [-0.1, -0.05) is 35.9 Å². The Morgan fingerprint density at radius 2 is 1.58 bits per heavy atom. The van der Waals surface area contributed by atoms with E-state index in [0.29, 0.717) is 5.02 Å². The number of nitrogens with one attached hydrogen (secondary N) is 1. The van der Waals surface area contributed by atoms with Gasteiger partial charge in [-0.25, -0.2) is 8.42 Å². The van der Waals surface area contributed by atoms with Gasteiger partial charge in [0.2, 0.25) is 10.0 Å². The fourth-order valence-electron chi connectivity index (χ4n) is 2.15. The van der Waals surface area contributed by atoms with E-state index in [4.69, 9.17) is 16.7 Å². The Labute approximate surface area is 155 Å². The first kappa shape index (κ1) is 19.9. The monoisotopic (exact) mass is 397 g/mol. The summed E-state index contributed by atoms with van der Waals surface area (Å²) >= 11 is 5.84. The van der Waals surface area contributed by atoms with Crippen molar-refractivity contribution >= 4 is 33.6 Å². The van der Waals surface area contributed by atoms with Crippen LogP contribution in [0.2, 0.25) is 5.02 Å². The molecule has 138 valence electrons. The number of benzene rings is 2. The first-order valence-electron chi connectivity index (χ1n) is 7.41. The average Bonchev–Trinajstić information content (AvgIpc) is 2.61. The van der Waals surface area contributed by atoms with Gasteiger partial charge in [-0.3, -0.25) is 9.59 Å². The van der Waals surface area contributed by atoms with Crippen molar-refractivity contribution in [1.29, 1.82) is 0 Å². The van der Waals surface area contributed by atoms with Crippen LogP contribution < -0.4 is 4.72 Å². The number of halogens is 1. The fourth-order valence-corrected chi connectivity index (χ4v) is 3.47. The van der Waals surface area contributed by atoms with Gasteiger partial charge in [-0.05, 0) is 35.4 Å². The van der Waals surface area contributed by atoms with Gasteiger partial charge in [0.25, 0.3) is 0 Å². The topological polar surface area (TPSA) is 110 Å². The number of rotatable bonds is 7. The van der Waals surface area contributed by atoms with Crippen molar-refractivity contribution in [2.45, 2.75) is 17.4 Å². The quantitative estimate of drug-likeness (QED) is 0.694. The zero-order chi connectivity index (χ0) is 19.3. The highest BCUT2D eigenvalue weighted by molar-refractivity contribution is 7.89. The molecule has 0 fully saturated rings. The number of esters is 1. The Kier molecular flexibility index (Phi) is 6.36. The SMILES string of the molecule is COC(=O)C[C@H](NS(=O)(=O)c1ccc(-c2ccc(Cl)cc2)cc1)C(=O)O. The minimum absolute atomic E-state index is 0.119. The molecule has 26 heavy (non-hydrogen) atoms. The Hall–Kier alpha value is -2.42. The van der Waals surface area contributed by atoms with E-state index in [1.807, 2.05) is 4.72 Å². The first-order valence-corrected chi connectivity index (χ1v) is 9.27. The van der Waals surface area contributed by atoms with Crippen molar-refractivity contribution < 1.29 is 27.9 Å². The Morgan fingerprint density at radius 1 is 1.08 bits per heavy atom. The highest BCUT2D eigenvalue weighted by Crippen LogP contribution is 2.23. The molecule has 2 aromatic carbocycles. The van der Waals surface area contributed by atoms with Crippen LogP contribution in [0, 0.1) is 0 Å². The number of hydrogen-bond acceptors (Lipinski definition) is 5. The molecule has 0 aliphatic rings. The summed E-state index contributed by atoms with van der Waals surface area (Å²) in [7, 11) is -3.04. The predicted octanol–water partition coefficient (Wildman–Crippen LogP) is 2.30. The molecule has 0 spiro atoms. The average molecular weight is 398 g/mol. The number of carboxylic acids is 1. The summed E-state index contributed by atoms with van der Waals surface area (Å²) in [5, 5.41) is 9.68. The predicted molar refractivity (Wildman–Crippen MR) is 95.3 cm³/mol. The second-order valence-corrected chi connectivity index (χ2v) is 7.47. The Balaban J connectivity index is 2.21. The van der Waals surface area contributed by atoms with Crippen LogP contribution in [0.25, 0.3) is 11.1 Å². The summed E-state index contributed by atoms with van der Waals surface area (Å²) < 4.78 is 31.1. The van der Waals surface area contributed by atoms with Gasteiger partial charge in [-0.2, -0.15) is 4.72 Å². The third-order valence-electron chi connectivity index (χ3n) is 3.54. The van der Waals surface area contributed by atoms with Crippen LogP contribution in [-0.2, 0) is 24.3 Å². The van der Waals surface area contributed by atoms with Crippen LogP contribution in [0.1, 0.15) is 6.42 Å². The van der Waals surface area contributed by atoms with Crippen LogP contribution in [0.3, 0.4) is 0 Å². The highest BCUT2D eigenvalue weighted by atomic mass is 35.5. The molecule has 0 unspecified atom stereocenters. The fraction of sp³-hybridized carbons (Fsp3) is 0.176. The van der Waals surface area contributed by atoms with Crippen molar-refractivity contribution in [1.82, 2.24) is 4.72 Å². The summed E-state index contributed by atoms with van der Waals surface area (Å²) in [6.07, 6.45) is -0.617. The lowest BCUT2D eigenvalue weighted by Crippen LogP contribution is -2.42. The summed E-state index contributed by atoms with van der Waals surface area (Å²) in [5.74, 6) is -2.31. The second kappa shape index (κ2) is 8.31.